The fourth-order valence-electron chi connectivity index (χ4n) is 4.95. The van der Waals surface area contributed by atoms with Crippen LogP contribution in [0.25, 0.3) is 0 Å². The van der Waals surface area contributed by atoms with Crippen LogP contribution in [0.2, 0.25) is 0 Å². The Kier molecular flexibility index (Phi) is 9.39. The maximum atomic E-state index is 13.1. The topological polar surface area (TPSA) is 110 Å². The minimum absolute atomic E-state index is 0.0189. The van der Waals surface area contributed by atoms with Gasteiger partial charge in [-0.1, -0.05) is 38.1 Å². The molecule has 208 valence electrons. The second-order valence-electron chi connectivity index (χ2n) is 11.5. The highest BCUT2D eigenvalue weighted by molar-refractivity contribution is 5.99. The Morgan fingerprint density at radius 2 is 1.82 bits per heavy atom. The number of benzene rings is 1. The molecule has 4 atom stereocenters. The number of carbonyl (C=O) groups is 2. The Hall–Kier alpha value is -3.86. The van der Waals surface area contributed by atoms with Gasteiger partial charge in [0.1, 0.15) is 11.4 Å². The molecule has 8 nitrogen and oxygen atoms in total. The number of rotatable bonds is 5. The van der Waals surface area contributed by atoms with E-state index in [0.717, 1.165) is 24.2 Å². The van der Waals surface area contributed by atoms with E-state index < -0.39 is 5.54 Å². The van der Waals surface area contributed by atoms with Crippen molar-refractivity contribution in [2.24, 2.45) is 28.5 Å². The molecule has 2 aliphatic heterocycles. The van der Waals surface area contributed by atoms with Gasteiger partial charge in [0, 0.05) is 36.8 Å². The number of pyridine rings is 1. The highest BCUT2D eigenvalue weighted by Crippen LogP contribution is 2.45. The molecule has 39 heavy (non-hydrogen) atoms. The van der Waals surface area contributed by atoms with Crippen molar-refractivity contribution in [3.8, 4) is 18.6 Å². The van der Waals surface area contributed by atoms with Crippen molar-refractivity contribution in [3.63, 3.8) is 0 Å². The Bertz CT molecular complexity index is 1170. The van der Waals surface area contributed by atoms with Crippen LogP contribution in [-0.4, -0.2) is 45.3 Å². The van der Waals surface area contributed by atoms with Gasteiger partial charge in [-0.2, -0.15) is 0 Å². The molecule has 0 radical (unpaired) electrons. The lowest BCUT2D eigenvalue weighted by Crippen LogP contribution is -2.50. The molecule has 1 aromatic heterocycles. The molecule has 0 bridgehead atoms. The van der Waals surface area contributed by atoms with Crippen LogP contribution in [0.3, 0.4) is 0 Å². The molecule has 2 amide bonds. The molecule has 3 unspecified atom stereocenters. The van der Waals surface area contributed by atoms with E-state index in [2.05, 4.69) is 48.9 Å². The van der Waals surface area contributed by atoms with E-state index in [1.54, 1.807) is 17.3 Å². The van der Waals surface area contributed by atoms with Gasteiger partial charge >= 0.3 is 0 Å². The van der Waals surface area contributed by atoms with Gasteiger partial charge in [-0.3, -0.25) is 19.5 Å². The van der Waals surface area contributed by atoms with Crippen molar-refractivity contribution in [2.45, 2.75) is 71.1 Å². The number of amides is 2. The Balaban J connectivity index is 0.000000457. The van der Waals surface area contributed by atoms with Gasteiger partial charge in [-0.05, 0) is 57.2 Å². The first-order valence-corrected chi connectivity index (χ1v) is 13.4. The minimum Gasteiger partial charge on any atom is -0.487 e. The summed E-state index contributed by atoms with van der Waals surface area (Å²) in [5.74, 6) is 1.45. The van der Waals surface area contributed by atoms with Crippen molar-refractivity contribution < 1.29 is 14.3 Å². The highest BCUT2D eigenvalue weighted by atomic mass is 16.5. The normalized spacial score (nSPS) is 26.4. The number of carbonyl (C=O) groups excluding carboxylic acids is 2. The zero-order chi connectivity index (χ0) is 28.8. The highest BCUT2D eigenvalue weighted by Gasteiger charge is 2.48. The summed E-state index contributed by atoms with van der Waals surface area (Å²) in [5, 5.41) is 3.27. The number of hydrogen-bond donors (Lipinski definition) is 2. The Morgan fingerprint density at radius 3 is 2.38 bits per heavy atom. The molecule has 8 heteroatoms. The predicted molar refractivity (Wildman–Crippen MR) is 154 cm³/mol. The number of para-hydroxylation sites is 1. The standard InChI is InChI=1S/C24H34N4O3.C5H5N.C2H2/c1-14(2)24(5)11-18(16-8-6-7-9-19(16)31-24)26-21(30)17-10-15(17)13-28-20(29)12-23(3,4)27-22(28)25;1-2-4-6-5-3-1;1-2/h6-9,14-15,17-18H,10-13H2,1-5H3,(H2,25,27)(H,26,30);1-5H;1-2H/t15-,17?,18?,24?;;/m1../s1. The Morgan fingerprint density at radius 1 is 1.15 bits per heavy atom. The summed E-state index contributed by atoms with van der Waals surface area (Å²) in [7, 11) is 0. The SMILES string of the molecule is C#C.CC(C)C1(C)CC(NC(=O)C2C[C@@H]2CN2C(=O)CC(C)(C)N=C2N)c2ccccc2O1.c1ccncc1. The summed E-state index contributed by atoms with van der Waals surface area (Å²) in [5.41, 5.74) is 6.27. The van der Waals surface area contributed by atoms with Crippen LogP contribution in [0.5, 0.6) is 5.75 Å². The van der Waals surface area contributed by atoms with E-state index in [1.165, 1.54) is 0 Å². The second kappa shape index (κ2) is 12.3. The van der Waals surface area contributed by atoms with Gasteiger partial charge < -0.3 is 15.8 Å². The third-order valence-corrected chi connectivity index (χ3v) is 7.61. The van der Waals surface area contributed by atoms with Gasteiger partial charge in [0.25, 0.3) is 0 Å². The first-order chi connectivity index (χ1) is 18.5. The molecule has 3 heterocycles. The molecule has 3 aliphatic rings. The number of fused-ring (bicyclic) bond motifs is 1. The molecule has 3 N–H and O–H groups in total. The monoisotopic (exact) mass is 531 g/mol. The molecule has 2 aromatic rings. The maximum Gasteiger partial charge on any atom is 0.231 e. The summed E-state index contributed by atoms with van der Waals surface area (Å²) in [6.45, 7) is 10.7. The predicted octanol–water partition coefficient (Wildman–Crippen LogP) is 4.33. The molecule has 1 aliphatic carbocycles. The van der Waals surface area contributed by atoms with Gasteiger partial charge in [0.2, 0.25) is 11.8 Å². The first kappa shape index (κ1) is 29.7. The lowest BCUT2D eigenvalue weighted by Gasteiger charge is -2.42. The van der Waals surface area contributed by atoms with Gasteiger partial charge in [0.05, 0.1) is 18.0 Å². The number of nitrogens with one attached hydrogen (secondary N) is 1. The number of ether oxygens (including phenoxy) is 1. The average molecular weight is 532 g/mol. The second-order valence-corrected chi connectivity index (χ2v) is 11.5. The fourth-order valence-corrected chi connectivity index (χ4v) is 4.95. The van der Waals surface area contributed by atoms with Crippen LogP contribution < -0.4 is 15.8 Å². The van der Waals surface area contributed by atoms with Crippen LogP contribution in [0, 0.1) is 30.6 Å². The first-order valence-electron chi connectivity index (χ1n) is 13.4. The number of aromatic nitrogens is 1. The number of nitrogens with zero attached hydrogens (tertiary/aromatic N) is 3. The van der Waals surface area contributed by atoms with Crippen LogP contribution in [0.15, 0.2) is 59.9 Å². The summed E-state index contributed by atoms with van der Waals surface area (Å²) >= 11 is 0. The van der Waals surface area contributed by atoms with Crippen LogP contribution in [-0.2, 0) is 9.59 Å². The molecule has 0 spiro atoms. The fraction of sp³-hybridized carbons (Fsp3) is 0.484. The van der Waals surface area contributed by atoms with Gasteiger partial charge in [-0.25, -0.2) is 4.99 Å². The molecule has 1 fully saturated rings. The largest absolute Gasteiger partial charge is 0.487 e. The molecular formula is C31H41N5O3. The lowest BCUT2D eigenvalue weighted by atomic mass is 9.81. The summed E-state index contributed by atoms with van der Waals surface area (Å²) < 4.78 is 6.31. The average Bonchev–Trinajstić information content (AvgIpc) is 3.68. The van der Waals surface area contributed by atoms with E-state index in [4.69, 9.17) is 10.5 Å². The van der Waals surface area contributed by atoms with Crippen LogP contribution in [0.4, 0.5) is 0 Å². The number of nitrogens with two attached hydrogens (primary N) is 1. The van der Waals surface area contributed by atoms with E-state index >= 15 is 0 Å². The van der Waals surface area contributed by atoms with Crippen molar-refractivity contribution in [3.05, 3.63) is 60.4 Å². The Labute approximate surface area is 232 Å². The van der Waals surface area contributed by atoms with Crippen molar-refractivity contribution in [1.82, 2.24) is 15.2 Å². The summed E-state index contributed by atoms with van der Waals surface area (Å²) in [6, 6.07) is 13.6. The van der Waals surface area contributed by atoms with Crippen molar-refractivity contribution in [1.29, 1.82) is 0 Å². The number of guanidine groups is 1. The van der Waals surface area contributed by atoms with Crippen LogP contribution in [0.1, 0.15) is 65.5 Å². The molecule has 1 aromatic carbocycles. The van der Waals surface area contributed by atoms with Gasteiger partial charge in [0.15, 0.2) is 5.96 Å². The molecule has 0 saturated heterocycles. The van der Waals surface area contributed by atoms with E-state index in [9.17, 15) is 9.59 Å². The smallest absolute Gasteiger partial charge is 0.231 e. The van der Waals surface area contributed by atoms with E-state index in [-0.39, 0.29) is 41.3 Å². The van der Waals surface area contributed by atoms with Crippen molar-refractivity contribution in [2.75, 3.05) is 6.54 Å². The van der Waals surface area contributed by atoms with Gasteiger partial charge in [-0.15, -0.1) is 12.8 Å². The summed E-state index contributed by atoms with van der Waals surface area (Å²) in [4.78, 5) is 35.3. The lowest BCUT2D eigenvalue weighted by molar-refractivity contribution is -0.130. The number of hydrogen-bond acceptors (Lipinski definition) is 6. The number of terminal acetylenes is 1. The quantitative estimate of drug-likeness (QED) is 0.558. The minimum atomic E-state index is -0.461. The third kappa shape index (κ3) is 7.38. The van der Waals surface area contributed by atoms with E-state index in [1.807, 2.05) is 56.3 Å². The van der Waals surface area contributed by atoms with Crippen molar-refractivity contribution >= 4 is 17.8 Å². The number of aliphatic imine (C=N–C) groups is 1. The molecule has 5 rings (SSSR count). The van der Waals surface area contributed by atoms with Crippen LogP contribution >= 0.6 is 0 Å². The summed E-state index contributed by atoms with van der Waals surface area (Å²) in [6.07, 6.45) is 13.3. The molecule has 1 saturated carbocycles. The zero-order valence-electron chi connectivity index (χ0n) is 23.6. The van der Waals surface area contributed by atoms with E-state index in [0.29, 0.717) is 18.9 Å². The third-order valence-electron chi connectivity index (χ3n) is 7.61. The maximum absolute atomic E-state index is 13.1. The molecular weight excluding hydrogens is 490 g/mol. The zero-order valence-corrected chi connectivity index (χ0v) is 23.6.